The van der Waals surface area contributed by atoms with E-state index in [4.69, 9.17) is 16.3 Å². The molecule has 50 heavy (non-hydrogen) atoms. The molecule has 9 nitrogen and oxygen atoms in total. The van der Waals surface area contributed by atoms with Crippen molar-refractivity contribution in [1.29, 1.82) is 0 Å². The molecule has 1 aliphatic heterocycles. The van der Waals surface area contributed by atoms with E-state index >= 15 is 0 Å². The van der Waals surface area contributed by atoms with Crippen molar-refractivity contribution in [1.82, 2.24) is 29.1 Å². The Morgan fingerprint density at radius 1 is 0.960 bits per heavy atom. The number of benzene rings is 3. The Morgan fingerprint density at radius 3 is 2.26 bits per heavy atom. The van der Waals surface area contributed by atoms with Crippen LogP contribution in [0.2, 0.25) is 5.02 Å². The topological polar surface area (TPSA) is 85.5 Å². The number of ether oxygens (including phenoxy) is 1. The predicted molar refractivity (Wildman–Crippen MR) is 197 cm³/mol. The first kappa shape index (κ1) is 37.4. The lowest BCUT2D eigenvalue weighted by molar-refractivity contribution is -0.116. The first-order chi connectivity index (χ1) is 23.8. The summed E-state index contributed by atoms with van der Waals surface area (Å²) in [5.74, 6) is 0.127. The van der Waals surface area contributed by atoms with Crippen molar-refractivity contribution in [3.05, 3.63) is 135 Å². The van der Waals surface area contributed by atoms with Crippen LogP contribution in [0, 0.1) is 5.82 Å². The van der Waals surface area contributed by atoms with E-state index in [1.165, 1.54) is 23.9 Å². The lowest BCUT2D eigenvalue weighted by atomic mass is 10.0. The normalized spacial score (nSPS) is 14.0. The van der Waals surface area contributed by atoms with E-state index in [9.17, 15) is 14.0 Å². The van der Waals surface area contributed by atoms with Crippen molar-refractivity contribution >= 4 is 42.1 Å². The maximum absolute atomic E-state index is 13.6. The van der Waals surface area contributed by atoms with Crippen LogP contribution in [-0.2, 0) is 35.3 Å². The number of aromatic nitrogens is 4. The number of thioether (sulfide) groups is 1. The number of aryl methyl sites for hydroxylation is 1. The van der Waals surface area contributed by atoms with E-state index in [0.717, 1.165) is 53.7 Å². The van der Waals surface area contributed by atoms with E-state index in [-0.39, 0.29) is 23.8 Å². The van der Waals surface area contributed by atoms with Crippen LogP contribution in [0.3, 0.4) is 0 Å². The van der Waals surface area contributed by atoms with Crippen LogP contribution >= 0.6 is 35.8 Å². The monoisotopic (exact) mass is 736 g/mol. The summed E-state index contributed by atoms with van der Waals surface area (Å²) in [6.45, 7) is 4.82. The van der Waals surface area contributed by atoms with Gasteiger partial charge in [-0.2, -0.15) is 10.1 Å². The average Bonchev–Trinajstić information content (AvgIpc) is 3.53. The number of hydrogen-bond acceptors (Lipinski definition) is 8. The molecule has 1 aliphatic rings. The molecule has 5 aromatic rings. The third kappa shape index (κ3) is 9.90. The SMILES string of the molecule is Cl.Cn1cc(Cc2cn(C(C=O)N(CCN3CCOCC3)Cc3ccc(-c4ccc(Cl)cc4)cc3)c(SCc3ccc(F)cc3)nc2=O)cn1. The highest BCUT2D eigenvalue weighted by Crippen LogP contribution is 2.27. The molecule has 0 N–H and O–H groups in total. The van der Waals surface area contributed by atoms with E-state index < -0.39 is 6.17 Å². The van der Waals surface area contributed by atoms with Crippen LogP contribution in [0.15, 0.2) is 101 Å². The molecule has 6 rings (SSSR count). The minimum absolute atomic E-state index is 0. The molecule has 1 atom stereocenters. The van der Waals surface area contributed by atoms with E-state index in [0.29, 0.717) is 54.2 Å². The molecule has 0 bridgehead atoms. The molecule has 262 valence electrons. The number of morpholine rings is 1. The van der Waals surface area contributed by atoms with Gasteiger partial charge in [-0.1, -0.05) is 71.9 Å². The molecular weight excluding hydrogens is 698 g/mol. The third-order valence-electron chi connectivity index (χ3n) is 8.53. The Bertz CT molecular complexity index is 1900. The summed E-state index contributed by atoms with van der Waals surface area (Å²) in [4.78, 5) is 35.6. The quantitative estimate of drug-likeness (QED) is 0.0750. The maximum atomic E-state index is 13.6. The van der Waals surface area contributed by atoms with Crippen molar-refractivity contribution < 1.29 is 13.9 Å². The standard InChI is InChI=1S/C37H38ClFN6O3S.ClH/c1-42-22-29(21-40-42)20-32-24-45(37(41-36(32)47)49-26-28-4-12-34(39)13-5-28)35(25-46)44(15-14-43-16-18-48-19-17-43)23-27-2-6-30(7-3-27)31-8-10-33(38)11-9-31;/h2-13,21-22,24-25,35H,14-20,23,26H2,1H3;1H. The number of carbonyl (C=O) groups is 1. The summed E-state index contributed by atoms with van der Waals surface area (Å²) in [6.07, 6.45) is 5.84. The second-order valence-electron chi connectivity index (χ2n) is 12.1. The Balaban J connectivity index is 0.00000486. The fraction of sp³-hybridized carbons (Fsp3) is 0.297. The molecule has 2 aromatic heterocycles. The largest absolute Gasteiger partial charge is 0.379 e. The molecule has 13 heteroatoms. The summed E-state index contributed by atoms with van der Waals surface area (Å²) in [5, 5.41) is 5.35. The van der Waals surface area contributed by atoms with Crippen molar-refractivity contribution in [3.8, 4) is 11.1 Å². The lowest BCUT2D eigenvalue weighted by Crippen LogP contribution is -2.44. The Morgan fingerprint density at radius 2 is 1.62 bits per heavy atom. The molecule has 1 fully saturated rings. The van der Waals surface area contributed by atoms with Gasteiger partial charge in [0.05, 0.1) is 19.4 Å². The Kier molecular flexibility index (Phi) is 13.4. The zero-order valence-electron chi connectivity index (χ0n) is 27.7. The molecule has 1 saturated heterocycles. The smallest absolute Gasteiger partial charge is 0.277 e. The van der Waals surface area contributed by atoms with Crippen LogP contribution in [0.25, 0.3) is 11.1 Å². The summed E-state index contributed by atoms with van der Waals surface area (Å²) in [5.41, 5.74) is 5.02. The maximum Gasteiger partial charge on any atom is 0.277 e. The Hall–Kier alpha value is -3.84. The molecule has 0 saturated carbocycles. The highest BCUT2D eigenvalue weighted by atomic mass is 35.5. The van der Waals surface area contributed by atoms with Crippen molar-refractivity contribution in [2.45, 2.75) is 30.0 Å². The predicted octanol–water partition coefficient (Wildman–Crippen LogP) is 6.27. The summed E-state index contributed by atoms with van der Waals surface area (Å²) in [6, 6.07) is 22.3. The molecular formula is C37H39Cl2FN6O3S. The van der Waals surface area contributed by atoms with Gasteiger partial charge >= 0.3 is 0 Å². The molecule has 3 aromatic carbocycles. The first-order valence-corrected chi connectivity index (χ1v) is 17.5. The highest BCUT2D eigenvalue weighted by Gasteiger charge is 2.25. The van der Waals surface area contributed by atoms with Gasteiger partial charge in [-0.3, -0.25) is 24.1 Å². The van der Waals surface area contributed by atoms with Gasteiger partial charge < -0.3 is 9.30 Å². The first-order valence-electron chi connectivity index (χ1n) is 16.2. The van der Waals surface area contributed by atoms with Crippen molar-refractivity contribution in [2.24, 2.45) is 7.05 Å². The van der Waals surface area contributed by atoms with Gasteiger partial charge in [-0.15, -0.1) is 12.4 Å². The number of aldehydes is 1. The highest BCUT2D eigenvalue weighted by molar-refractivity contribution is 7.98. The minimum atomic E-state index is -0.756. The number of hydrogen-bond donors (Lipinski definition) is 0. The van der Waals surface area contributed by atoms with Crippen molar-refractivity contribution in [3.63, 3.8) is 0 Å². The van der Waals surface area contributed by atoms with E-state index in [1.54, 1.807) is 29.2 Å². The van der Waals surface area contributed by atoms with Crippen LogP contribution < -0.4 is 5.56 Å². The molecule has 0 amide bonds. The van der Waals surface area contributed by atoms with Gasteiger partial charge in [0.25, 0.3) is 5.56 Å². The number of nitrogens with zero attached hydrogens (tertiary/aromatic N) is 6. The van der Waals surface area contributed by atoms with Gasteiger partial charge in [0.1, 0.15) is 12.0 Å². The van der Waals surface area contributed by atoms with Crippen LogP contribution in [-0.4, -0.2) is 74.8 Å². The van der Waals surface area contributed by atoms with Crippen LogP contribution in [0.4, 0.5) is 4.39 Å². The molecule has 3 heterocycles. The van der Waals surface area contributed by atoms with Gasteiger partial charge in [-0.05, 0) is 52.1 Å². The minimum Gasteiger partial charge on any atom is -0.379 e. The number of halogens is 3. The van der Waals surface area contributed by atoms with Gasteiger partial charge in [0, 0.05) is 74.9 Å². The lowest BCUT2D eigenvalue weighted by Gasteiger charge is -2.34. The molecule has 0 spiro atoms. The second-order valence-corrected chi connectivity index (χ2v) is 13.4. The summed E-state index contributed by atoms with van der Waals surface area (Å²) < 4.78 is 22.7. The number of carbonyl (C=O) groups excluding carboxylic acids is 1. The summed E-state index contributed by atoms with van der Waals surface area (Å²) in [7, 11) is 1.83. The van der Waals surface area contributed by atoms with Gasteiger partial charge in [0.15, 0.2) is 11.4 Å². The van der Waals surface area contributed by atoms with E-state index in [2.05, 4.69) is 44.1 Å². The second kappa shape index (κ2) is 17.9. The van der Waals surface area contributed by atoms with Gasteiger partial charge in [-0.25, -0.2) is 4.39 Å². The molecule has 1 unspecified atom stereocenters. The molecule has 0 radical (unpaired) electrons. The molecule has 0 aliphatic carbocycles. The summed E-state index contributed by atoms with van der Waals surface area (Å²) >= 11 is 7.45. The fourth-order valence-electron chi connectivity index (χ4n) is 5.83. The van der Waals surface area contributed by atoms with Crippen molar-refractivity contribution in [2.75, 3.05) is 39.4 Å². The third-order valence-corrected chi connectivity index (χ3v) is 9.82. The van der Waals surface area contributed by atoms with E-state index in [1.807, 2.05) is 42.1 Å². The van der Waals surface area contributed by atoms with Gasteiger partial charge in [0.2, 0.25) is 0 Å². The Labute approximate surface area is 306 Å². The zero-order valence-corrected chi connectivity index (χ0v) is 30.0. The number of rotatable bonds is 14. The average molecular weight is 738 g/mol. The van der Waals surface area contributed by atoms with Crippen LogP contribution in [0.5, 0.6) is 0 Å². The zero-order chi connectivity index (χ0) is 34.2. The fourth-order valence-corrected chi connectivity index (χ4v) is 6.90. The van der Waals surface area contributed by atoms with Crippen LogP contribution in [0.1, 0.15) is 28.4 Å².